The van der Waals surface area contributed by atoms with Crippen molar-refractivity contribution >= 4 is 17.2 Å². The van der Waals surface area contributed by atoms with Gasteiger partial charge in [0.2, 0.25) is 5.91 Å². The first kappa shape index (κ1) is 12.8. The second-order valence-electron chi connectivity index (χ2n) is 4.51. The summed E-state index contributed by atoms with van der Waals surface area (Å²) in [7, 11) is 0. The molecule has 0 fully saturated rings. The largest absolute Gasteiger partial charge is 0.350 e. The highest BCUT2D eigenvalue weighted by molar-refractivity contribution is 7.08. The van der Waals surface area contributed by atoms with E-state index in [1.807, 2.05) is 6.92 Å². The van der Waals surface area contributed by atoms with Crippen molar-refractivity contribution in [3.63, 3.8) is 0 Å². The summed E-state index contributed by atoms with van der Waals surface area (Å²) in [5, 5.41) is 7.21. The fourth-order valence-electron chi connectivity index (χ4n) is 2.00. The second-order valence-corrected chi connectivity index (χ2v) is 5.26. The van der Waals surface area contributed by atoms with Crippen LogP contribution in [-0.4, -0.2) is 5.91 Å². The molecule has 3 heteroatoms. The average Bonchev–Trinajstić information content (AvgIpc) is 2.75. The highest BCUT2D eigenvalue weighted by Crippen LogP contribution is 2.27. The van der Waals surface area contributed by atoms with Crippen molar-refractivity contribution in [2.24, 2.45) is 0 Å². The van der Waals surface area contributed by atoms with E-state index in [0.717, 1.165) is 5.56 Å². The fourth-order valence-corrected chi connectivity index (χ4v) is 2.85. The zero-order chi connectivity index (χ0) is 13.1. The standard InChI is InChI=1S/C15H17NOS/c1-10-8-18-9-15(10)14-6-4-13(5-7-14)11(2)16-12(3)17/h4-9,11H,1-3H3,(H,16,17)/t11-/m0/s1. The first-order valence-corrected chi connectivity index (χ1v) is 6.92. The Balaban J connectivity index is 2.20. The third-order valence-electron chi connectivity index (χ3n) is 3.00. The molecule has 1 aromatic carbocycles. The van der Waals surface area contributed by atoms with E-state index < -0.39 is 0 Å². The van der Waals surface area contributed by atoms with Gasteiger partial charge in [0.05, 0.1) is 6.04 Å². The normalized spacial score (nSPS) is 12.2. The van der Waals surface area contributed by atoms with Crippen LogP contribution in [0.1, 0.15) is 31.0 Å². The van der Waals surface area contributed by atoms with Gasteiger partial charge in [0, 0.05) is 6.92 Å². The van der Waals surface area contributed by atoms with Crippen LogP contribution >= 0.6 is 11.3 Å². The maximum Gasteiger partial charge on any atom is 0.217 e. The molecule has 0 saturated carbocycles. The van der Waals surface area contributed by atoms with Crippen molar-refractivity contribution in [1.82, 2.24) is 5.32 Å². The molecule has 2 rings (SSSR count). The quantitative estimate of drug-likeness (QED) is 0.889. The van der Waals surface area contributed by atoms with Crippen LogP contribution in [0, 0.1) is 6.92 Å². The van der Waals surface area contributed by atoms with E-state index in [9.17, 15) is 4.79 Å². The minimum absolute atomic E-state index is 0.000237. The molecule has 2 nitrogen and oxygen atoms in total. The summed E-state index contributed by atoms with van der Waals surface area (Å²) in [6, 6.07) is 8.44. The van der Waals surface area contributed by atoms with Crippen LogP contribution in [0.4, 0.5) is 0 Å². The van der Waals surface area contributed by atoms with Gasteiger partial charge in [-0.3, -0.25) is 4.79 Å². The lowest BCUT2D eigenvalue weighted by molar-refractivity contribution is -0.119. The third kappa shape index (κ3) is 2.79. The fraction of sp³-hybridized carbons (Fsp3) is 0.267. The number of amides is 1. The molecule has 1 N–H and O–H groups in total. The van der Waals surface area contributed by atoms with E-state index >= 15 is 0 Å². The number of benzene rings is 1. The van der Waals surface area contributed by atoms with Crippen molar-refractivity contribution in [2.75, 3.05) is 0 Å². The van der Waals surface area contributed by atoms with E-state index in [0.29, 0.717) is 0 Å². The number of nitrogens with one attached hydrogen (secondary N) is 1. The Hall–Kier alpha value is -1.61. The summed E-state index contributed by atoms with van der Waals surface area (Å²) in [6.07, 6.45) is 0. The topological polar surface area (TPSA) is 29.1 Å². The van der Waals surface area contributed by atoms with E-state index in [1.54, 1.807) is 18.3 Å². The maximum atomic E-state index is 11.0. The maximum absolute atomic E-state index is 11.0. The Morgan fingerprint density at radius 2 is 1.89 bits per heavy atom. The van der Waals surface area contributed by atoms with Crippen molar-refractivity contribution in [1.29, 1.82) is 0 Å². The first-order chi connectivity index (χ1) is 8.58. The van der Waals surface area contributed by atoms with Crippen LogP contribution in [0.25, 0.3) is 11.1 Å². The minimum atomic E-state index is 0.000237. The smallest absolute Gasteiger partial charge is 0.217 e. The van der Waals surface area contributed by atoms with E-state index in [4.69, 9.17) is 0 Å². The van der Waals surface area contributed by atoms with Gasteiger partial charge in [-0.15, -0.1) is 0 Å². The van der Waals surface area contributed by atoms with Gasteiger partial charge >= 0.3 is 0 Å². The van der Waals surface area contributed by atoms with Gasteiger partial charge in [-0.05, 0) is 46.9 Å². The average molecular weight is 259 g/mol. The molecule has 0 radical (unpaired) electrons. The van der Waals surface area contributed by atoms with Gasteiger partial charge < -0.3 is 5.32 Å². The Kier molecular flexibility index (Phi) is 3.82. The summed E-state index contributed by atoms with van der Waals surface area (Å²) in [5.41, 5.74) is 4.95. The highest BCUT2D eigenvalue weighted by atomic mass is 32.1. The number of aryl methyl sites for hydroxylation is 1. The molecular formula is C15H17NOS. The Labute approximate surface area is 112 Å². The molecule has 0 aliphatic carbocycles. The zero-order valence-electron chi connectivity index (χ0n) is 10.9. The molecule has 0 aliphatic heterocycles. The Morgan fingerprint density at radius 1 is 1.22 bits per heavy atom. The Bertz CT molecular complexity index is 542. The summed E-state index contributed by atoms with van der Waals surface area (Å²) in [4.78, 5) is 11.0. The number of hydrogen-bond acceptors (Lipinski definition) is 2. The van der Waals surface area contributed by atoms with Gasteiger partial charge in [-0.25, -0.2) is 0 Å². The van der Waals surface area contributed by atoms with E-state index in [2.05, 4.69) is 47.3 Å². The SMILES string of the molecule is CC(=O)N[C@@H](C)c1ccc(-c2cscc2C)cc1. The monoisotopic (exact) mass is 259 g/mol. The molecule has 1 aromatic heterocycles. The number of thiophene rings is 1. The summed E-state index contributed by atoms with van der Waals surface area (Å²) in [5.74, 6) is 0.000237. The van der Waals surface area contributed by atoms with Crippen molar-refractivity contribution in [2.45, 2.75) is 26.8 Å². The third-order valence-corrected chi connectivity index (χ3v) is 3.86. The minimum Gasteiger partial charge on any atom is -0.350 e. The number of carbonyl (C=O) groups excluding carboxylic acids is 1. The lowest BCUT2D eigenvalue weighted by Crippen LogP contribution is -2.23. The molecule has 0 aliphatic rings. The lowest BCUT2D eigenvalue weighted by Gasteiger charge is -2.13. The van der Waals surface area contributed by atoms with Gasteiger partial charge in [-0.2, -0.15) is 11.3 Å². The Morgan fingerprint density at radius 3 is 2.39 bits per heavy atom. The van der Waals surface area contributed by atoms with E-state index in [1.165, 1.54) is 16.7 Å². The molecule has 0 saturated heterocycles. The summed E-state index contributed by atoms with van der Waals surface area (Å²) >= 11 is 1.72. The number of carbonyl (C=O) groups is 1. The van der Waals surface area contributed by atoms with Crippen LogP contribution in [0.2, 0.25) is 0 Å². The predicted molar refractivity (Wildman–Crippen MR) is 76.7 cm³/mol. The molecule has 1 amide bonds. The second kappa shape index (κ2) is 5.36. The van der Waals surface area contributed by atoms with Crippen LogP contribution in [0.15, 0.2) is 35.0 Å². The molecule has 94 valence electrons. The lowest BCUT2D eigenvalue weighted by atomic mass is 10.0. The van der Waals surface area contributed by atoms with Gasteiger partial charge in [0.25, 0.3) is 0 Å². The molecule has 0 bridgehead atoms. The molecule has 0 spiro atoms. The van der Waals surface area contributed by atoms with Crippen LogP contribution in [-0.2, 0) is 4.79 Å². The van der Waals surface area contributed by atoms with Crippen LogP contribution in [0.3, 0.4) is 0 Å². The molecule has 0 unspecified atom stereocenters. The van der Waals surface area contributed by atoms with Crippen molar-refractivity contribution < 1.29 is 4.79 Å². The molecule has 2 aromatic rings. The first-order valence-electron chi connectivity index (χ1n) is 5.98. The van der Waals surface area contributed by atoms with Crippen LogP contribution in [0.5, 0.6) is 0 Å². The van der Waals surface area contributed by atoms with Crippen LogP contribution < -0.4 is 5.32 Å². The number of hydrogen-bond donors (Lipinski definition) is 1. The molecule has 1 atom stereocenters. The van der Waals surface area contributed by atoms with Crippen molar-refractivity contribution in [3.8, 4) is 11.1 Å². The van der Waals surface area contributed by atoms with Gasteiger partial charge in [0.1, 0.15) is 0 Å². The summed E-state index contributed by atoms with van der Waals surface area (Å²) in [6.45, 7) is 5.66. The van der Waals surface area contributed by atoms with Gasteiger partial charge in [0.15, 0.2) is 0 Å². The molecule has 1 heterocycles. The van der Waals surface area contributed by atoms with Gasteiger partial charge in [-0.1, -0.05) is 24.3 Å². The zero-order valence-corrected chi connectivity index (χ0v) is 11.7. The highest BCUT2D eigenvalue weighted by Gasteiger charge is 2.07. The van der Waals surface area contributed by atoms with Crippen molar-refractivity contribution in [3.05, 3.63) is 46.2 Å². The summed E-state index contributed by atoms with van der Waals surface area (Å²) < 4.78 is 0. The van der Waals surface area contributed by atoms with E-state index in [-0.39, 0.29) is 11.9 Å². The molecule has 18 heavy (non-hydrogen) atoms. The number of rotatable bonds is 3. The molecular weight excluding hydrogens is 242 g/mol. The predicted octanol–water partition coefficient (Wildman–Crippen LogP) is 3.92.